The van der Waals surface area contributed by atoms with Crippen LogP contribution in [0.25, 0.3) is 44.5 Å². The van der Waals surface area contributed by atoms with Crippen LogP contribution >= 0.6 is 0 Å². The molecule has 0 aliphatic heterocycles. The maximum Gasteiger partial charge on any atom is 0.132 e. The smallest absolute Gasteiger partial charge is 0.132 e. The van der Waals surface area contributed by atoms with Crippen LogP contribution in [0.4, 0.5) is 17.6 Å². The van der Waals surface area contributed by atoms with E-state index < -0.39 is 0 Å². The van der Waals surface area contributed by atoms with Crippen molar-refractivity contribution in [2.24, 2.45) is 11.8 Å². The number of ketones is 4. The maximum atomic E-state index is 14.9. The Kier molecular flexibility index (Phi) is 40.5. The molecule has 0 fully saturated rings. The molecule has 4 atom stereocenters. The predicted octanol–water partition coefficient (Wildman–Crippen LogP) is 31.4. The first kappa shape index (κ1) is 110. The molecule has 12 nitrogen and oxygen atoms in total. The van der Waals surface area contributed by atoms with E-state index in [1.807, 2.05) is 135 Å². The van der Waals surface area contributed by atoms with Gasteiger partial charge in [-0.05, 0) is 321 Å². The summed E-state index contributed by atoms with van der Waals surface area (Å²) in [6.45, 7) is 41.6. The van der Waals surface area contributed by atoms with Crippen LogP contribution in [0.1, 0.15) is 263 Å². The molecule has 16 heteroatoms. The summed E-state index contributed by atoms with van der Waals surface area (Å²) in [5.41, 5.74) is 17.4. The Morgan fingerprint density at radius 3 is 0.672 bits per heavy atom. The first-order chi connectivity index (χ1) is 64.4. The average Bonchev–Trinajstić information content (AvgIpc) is 0.795. The van der Waals surface area contributed by atoms with Gasteiger partial charge < -0.3 is 47.5 Å². The van der Waals surface area contributed by atoms with E-state index in [2.05, 4.69) is 145 Å². The van der Waals surface area contributed by atoms with Gasteiger partial charge >= 0.3 is 0 Å². The SMILES string of the molecule is C.CCC[C@@H](CC(C)=O)c1ccc(OCc2ccc(C(C)(C)C)c(-c3cc(OC)ccc3F)c2)cc1.CCC[C@H](CC(C)=O)c1ccc(OCc2ccc(C(C)(C)C)c(-c3cc(OC)ccc3F)c2)cc1.COc1ccc(F)c(-c2cc(COc3ccc(C[C@@H](C)C(C)=O)cc3)ccc2C(C)(C)C)c1.COc1ccc(F)c(-c2cc(COc3ccc(C[C@H](C)C(C)=O)cc3)ccc2C(C)(C)C)c1. The number of hydrogen-bond acceptors (Lipinski definition) is 12. The molecular weight excluding hydrogens is 1720 g/mol. The fraction of sp³-hybridized carbons (Fsp3) is 0.372. The first-order valence-corrected chi connectivity index (χ1v) is 47.2. The molecule has 0 saturated carbocycles. The van der Waals surface area contributed by atoms with E-state index in [4.69, 9.17) is 37.9 Å². The molecule has 0 spiro atoms. The lowest BCUT2D eigenvalue weighted by Crippen LogP contribution is -2.13. The molecule has 12 rings (SSSR count). The fourth-order valence-corrected chi connectivity index (χ4v) is 16.5. The molecule has 728 valence electrons. The number of rotatable bonds is 36. The van der Waals surface area contributed by atoms with Crippen molar-refractivity contribution in [1.29, 1.82) is 0 Å². The Balaban J connectivity index is 0.000000224. The summed E-state index contributed by atoms with van der Waals surface area (Å²) >= 11 is 0. The summed E-state index contributed by atoms with van der Waals surface area (Å²) < 4.78 is 105. The Hall–Kier alpha value is -12.6. The molecule has 0 heterocycles. The summed E-state index contributed by atoms with van der Waals surface area (Å²) in [4.78, 5) is 46.3. The second-order valence-electron chi connectivity index (χ2n) is 39.7. The average molecular weight is 1870 g/mol. The van der Waals surface area contributed by atoms with Crippen molar-refractivity contribution in [1.82, 2.24) is 0 Å². The highest BCUT2D eigenvalue weighted by Gasteiger charge is 2.28. The van der Waals surface area contributed by atoms with Crippen molar-refractivity contribution in [3.63, 3.8) is 0 Å². The number of halogens is 4. The van der Waals surface area contributed by atoms with Crippen LogP contribution in [0, 0.1) is 35.1 Å². The minimum absolute atomic E-state index is 0. The molecule has 0 aliphatic carbocycles. The van der Waals surface area contributed by atoms with E-state index in [1.54, 1.807) is 105 Å². The van der Waals surface area contributed by atoms with Gasteiger partial charge in [-0.3, -0.25) is 9.59 Å². The van der Waals surface area contributed by atoms with E-state index in [-0.39, 0.29) is 99.2 Å². The van der Waals surface area contributed by atoms with Gasteiger partial charge in [-0.25, -0.2) is 17.6 Å². The molecule has 0 unspecified atom stereocenters. The van der Waals surface area contributed by atoms with E-state index in [9.17, 15) is 36.7 Å². The van der Waals surface area contributed by atoms with E-state index in [0.29, 0.717) is 84.5 Å². The molecule has 0 aromatic heterocycles. The topological polar surface area (TPSA) is 142 Å². The predicted molar refractivity (Wildman–Crippen MR) is 551 cm³/mol. The molecule has 0 bridgehead atoms. The third-order valence-corrected chi connectivity index (χ3v) is 24.4. The summed E-state index contributed by atoms with van der Waals surface area (Å²) in [7, 11) is 6.33. The van der Waals surface area contributed by atoms with E-state index in [1.165, 1.54) is 35.4 Å². The number of carbonyl (C=O) groups is 4. The van der Waals surface area contributed by atoms with Crippen molar-refractivity contribution >= 4 is 23.1 Å². The normalized spacial score (nSPS) is 12.2. The molecule has 0 amide bonds. The number of hydrogen-bond donors (Lipinski definition) is 0. The van der Waals surface area contributed by atoms with Gasteiger partial charge in [0.05, 0.1) is 28.4 Å². The Morgan fingerprint density at radius 1 is 0.277 bits per heavy atom. The lowest BCUT2D eigenvalue weighted by Gasteiger charge is -2.24. The summed E-state index contributed by atoms with van der Waals surface area (Å²) in [6.07, 6.45) is 6.63. The highest BCUT2D eigenvalue weighted by atomic mass is 19.1. The molecule has 0 saturated heterocycles. The van der Waals surface area contributed by atoms with E-state index >= 15 is 0 Å². The molecule has 0 aliphatic rings. The molecule has 0 N–H and O–H groups in total. The van der Waals surface area contributed by atoms with Gasteiger partial charge in [0.2, 0.25) is 0 Å². The van der Waals surface area contributed by atoms with Crippen LogP contribution in [0.5, 0.6) is 46.0 Å². The van der Waals surface area contributed by atoms with Crippen molar-refractivity contribution in [2.45, 2.75) is 257 Å². The monoisotopic (exact) mass is 1870 g/mol. The fourth-order valence-electron chi connectivity index (χ4n) is 16.5. The van der Waals surface area contributed by atoms with Crippen LogP contribution in [0.2, 0.25) is 0 Å². The number of carbonyl (C=O) groups excluding carboxylic acids is 4. The zero-order valence-electron chi connectivity index (χ0n) is 84.3. The van der Waals surface area contributed by atoms with Gasteiger partial charge in [0.1, 0.15) is 119 Å². The number of ether oxygens (including phenoxy) is 8. The molecule has 12 aromatic carbocycles. The minimum atomic E-state index is -0.283. The van der Waals surface area contributed by atoms with Crippen molar-refractivity contribution < 1.29 is 74.6 Å². The molecular formula is C121H144F4O12. The number of benzene rings is 12. The lowest BCUT2D eigenvalue weighted by atomic mass is 9.81. The highest BCUT2D eigenvalue weighted by molar-refractivity contribution is 5.80. The zero-order valence-corrected chi connectivity index (χ0v) is 84.3. The first-order valence-electron chi connectivity index (χ1n) is 47.2. The third kappa shape index (κ3) is 32.3. The standard InChI is InChI=1S/2C31H37FO3.2C29H33FO3.CH4/c2*1-7-8-24(17-21(2)33)23-10-12-25(13-11-23)35-20-22-9-15-29(31(3,4)5)27(18-22)28-19-26(34-6)14-16-30(28)32;2*1-19(20(2)31)15-21-7-10-23(11-8-21)33-18-22-9-13-27(29(3,4)5)25(16-22)26-17-24(32-6)12-14-28(26)30;/h2*9-16,18-19,24H,7-8,17,20H2,1-6H3;2*7-14,16-17,19H,15,18H2,1-6H3;1H4/t2*24-;2*19-;/m1010./s1. The maximum absolute atomic E-state index is 14.9. The summed E-state index contributed by atoms with van der Waals surface area (Å²) in [6, 6.07) is 75.4. The quantitative estimate of drug-likeness (QED) is 0.0345. The Bertz CT molecular complexity index is 5600. The summed E-state index contributed by atoms with van der Waals surface area (Å²) in [5.74, 6) is 5.70. The van der Waals surface area contributed by atoms with Gasteiger partial charge in [0.15, 0.2) is 0 Å². The third-order valence-electron chi connectivity index (χ3n) is 24.4. The van der Waals surface area contributed by atoms with Crippen LogP contribution in [0.3, 0.4) is 0 Å². The number of Topliss-reactive ketones (excluding diaryl/α,β-unsaturated/α-hetero) is 4. The second kappa shape index (κ2) is 50.5. The summed E-state index contributed by atoms with van der Waals surface area (Å²) in [5, 5.41) is 0. The lowest BCUT2D eigenvalue weighted by molar-refractivity contribution is -0.121. The largest absolute Gasteiger partial charge is 0.497 e. The van der Waals surface area contributed by atoms with Crippen LogP contribution in [-0.2, 0) is 80.1 Å². The van der Waals surface area contributed by atoms with Gasteiger partial charge in [-0.1, -0.05) is 228 Å². The zero-order chi connectivity index (χ0) is 99.5. The van der Waals surface area contributed by atoms with Gasteiger partial charge in [0.25, 0.3) is 0 Å². The van der Waals surface area contributed by atoms with Crippen molar-refractivity contribution in [3.8, 4) is 90.5 Å². The second-order valence-corrected chi connectivity index (χ2v) is 39.7. The van der Waals surface area contributed by atoms with Gasteiger partial charge in [0, 0.05) is 46.9 Å². The Labute approximate surface area is 813 Å². The molecule has 137 heavy (non-hydrogen) atoms. The van der Waals surface area contributed by atoms with Crippen LogP contribution in [-0.4, -0.2) is 51.6 Å². The van der Waals surface area contributed by atoms with Crippen LogP contribution in [0.15, 0.2) is 243 Å². The molecule has 0 radical (unpaired) electrons. The highest BCUT2D eigenvalue weighted by Crippen LogP contribution is 2.43. The Morgan fingerprint density at radius 2 is 0.482 bits per heavy atom. The van der Waals surface area contributed by atoms with E-state index in [0.717, 1.165) is 139 Å². The van der Waals surface area contributed by atoms with Gasteiger partial charge in [-0.15, -0.1) is 0 Å². The van der Waals surface area contributed by atoms with Crippen molar-refractivity contribution in [3.05, 3.63) is 333 Å². The minimum Gasteiger partial charge on any atom is -0.497 e. The van der Waals surface area contributed by atoms with Gasteiger partial charge in [-0.2, -0.15) is 0 Å². The molecule has 12 aromatic rings. The van der Waals surface area contributed by atoms with Crippen molar-refractivity contribution in [2.75, 3.05) is 28.4 Å². The number of methoxy groups -OCH3 is 4. The van der Waals surface area contributed by atoms with Crippen LogP contribution < -0.4 is 37.9 Å².